The van der Waals surface area contributed by atoms with E-state index in [1.807, 2.05) is 4.72 Å². The lowest BCUT2D eigenvalue weighted by Crippen LogP contribution is -2.30. The average molecular weight is 530 g/mol. The van der Waals surface area contributed by atoms with Crippen LogP contribution in [-0.2, 0) is 31.4 Å². The predicted molar refractivity (Wildman–Crippen MR) is 135 cm³/mol. The van der Waals surface area contributed by atoms with Gasteiger partial charge in [0.1, 0.15) is 6.54 Å². The zero-order valence-electron chi connectivity index (χ0n) is 19.4. The minimum atomic E-state index is -4.15. The number of para-hydroxylation sites is 1. The Morgan fingerprint density at radius 1 is 1.08 bits per heavy atom. The summed E-state index contributed by atoms with van der Waals surface area (Å²) in [7, 11) is -7.69. The van der Waals surface area contributed by atoms with Gasteiger partial charge in [-0.25, -0.2) is 22.2 Å². The van der Waals surface area contributed by atoms with Crippen LogP contribution in [0.2, 0.25) is 0 Å². The van der Waals surface area contributed by atoms with E-state index in [0.29, 0.717) is 16.8 Å². The summed E-state index contributed by atoms with van der Waals surface area (Å²) in [6.45, 7) is 1.31. The number of carbonyl (C=O) groups excluding carboxylic acids is 2. The Morgan fingerprint density at radius 3 is 2.44 bits per heavy atom. The smallest absolute Gasteiger partial charge is 0.343 e. The van der Waals surface area contributed by atoms with E-state index < -0.39 is 38.7 Å². The van der Waals surface area contributed by atoms with Crippen LogP contribution in [0.4, 0.5) is 11.4 Å². The Bertz CT molecular complexity index is 1550. The van der Waals surface area contributed by atoms with Crippen molar-refractivity contribution in [3.63, 3.8) is 0 Å². The summed E-state index contributed by atoms with van der Waals surface area (Å²) in [5, 5.41) is 0. The maximum Gasteiger partial charge on any atom is 0.343 e. The summed E-state index contributed by atoms with van der Waals surface area (Å²) in [4.78, 5) is 24.6. The molecular formula is C24H23N3O7S2. The van der Waals surface area contributed by atoms with Crippen LogP contribution in [-0.4, -0.2) is 41.5 Å². The number of ether oxygens (including phenoxy) is 1. The summed E-state index contributed by atoms with van der Waals surface area (Å²) >= 11 is 0. The van der Waals surface area contributed by atoms with E-state index >= 15 is 0 Å². The maximum atomic E-state index is 12.8. The third kappa shape index (κ3) is 5.66. The predicted octanol–water partition coefficient (Wildman–Crippen LogP) is 2.36. The second-order valence-electron chi connectivity index (χ2n) is 8.25. The van der Waals surface area contributed by atoms with E-state index in [1.54, 1.807) is 61.5 Å². The fraction of sp³-hybridized carbons (Fsp3) is 0.167. The molecule has 1 saturated heterocycles. The quantitative estimate of drug-likeness (QED) is 0.354. The summed E-state index contributed by atoms with van der Waals surface area (Å²) in [6.07, 6.45) is 1.31. The third-order valence-corrected chi connectivity index (χ3v) is 7.33. The molecule has 0 radical (unpaired) electrons. The summed E-state index contributed by atoms with van der Waals surface area (Å²) in [5.41, 5.74) is 2.71. The zero-order chi connectivity index (χ0) is 26.1. The molecule has 1 heterocycles. The van der Waals surface area contributed by atoms with E-state index in [2.05, 4.69) is 4.72 Å². The Balaban J connectivity index is 1.75. The number of esters is 1. The number of sulfonamides is 1. The number of carbonyl (C=O) groups is 2. The summed E-state index contributed by atoms with van der Waals surface area (Å²) in [5.74, 6) is -1.48. The van der Waals surface area contributed by atoms with Gasteiger partial charge in [-0.3, -0.25) is 9.52 Å². The van der Waals surface area contributed by atoms with Crippen LogP contribution in [0.5, 0.6) is 5.75 Å². The Labute approximate surface area is 209 Å². The fourth-order valence-electron chi connectivity index (χ4n) is 3.78. The fourth-order valence-corrected chi connectivity index (χ4v) is 5.60. The van der Waals surface area contributed by atoms with Crippen molar-refractivity contribution in [2.45, 2.75) is 13.3 Å². The molecular weight excluding hydrogens is 506 g/mol. The standard InChI is InChI=1S/C24H23N3O7S2/c1-16-7-6-10-19(23(16)26-35(2,30)31)13-17-11-12-20(27-15-22(28)25-36(27,32)33)21(14-17)34-24(29)18-8-4-3-5-9-18/h3-12,14,26H,13,15H2,1-2H3,(H,25,28). The molecule has 0 aliphatic carbocycles. The highest BCUT2D eigenvalue weighted by Gasteiger charge is 2.36. The average Bonchev–Trinajstić information content (AvgIpc) is 3.08. The van der Waals surface area contributed by atoms with Crippen LogP contribution in [0.3, 0.4) is 0 Å². The number of nitrogens with zero attached hydrogens (tertiary/aromatic N) is 1. The third-order valence-electron chi connectivity index (χ3n) is 5.37. The van der Waals surface area contributed by atoms with E-state index in [9.17, 15) is 26.4 Å². The van der Waals surface area contributed by atoms with Crippen LogP contribution in [0.25, 0.3) is 0 Å². The van der Waals surface area contributed by atoms with Crippen molar-refractivity contribution in [2.24, 2.45) is 0 Å². The second kappa shape index (κ2) is 9.63. The van der Waals surface area contributed by atoms with Gasteiger partial charge >= 0.3 is 16.2 Å². The van der Waals surface area contributed by atoms with Crippen molar-refractivity contribution in [1.82, 2.24) is 4.72 Å². The van der Waals surface area contributed by atoms with Crippen LogP contribution in [0, 0.1) is 6.92 Å². The molecule has 10 nitrogen and oxygen atoms in total. The number of hydrogen-bond donors (Lipinski definition) is 2. The highest BCUT2D eigenvalue weighted by atomic mass is 32.2. The van der Waals surface area contributed by atoms with E-state index in [0.717, 1.165) is 16.1 Å². The molecule has 36 heavy (non-hydrogen) atoms. The first-order valence-corrected chi connectivity index (χ1v) is 14.1. The minimum Gasteiger partial charge on any atom is -0.421 e. The van der Waals surface area contributed by atoms with Gasteiger partial charge < -0.3 is 4.74 Å². The van der Waals surface area contributed by atoms with E-state index in [1.165, 1.54) is 12.1 Å². The van der Waals surface area contributed by atoms with E-state index in [4.69, 9.17) is 4.74 Å². The zero-order valence-corrected chi connectivity index (χ0v) is 21.0. The Morgan fingerprint density at radius 2 is 1.81 bits per heavy atom. The number of benzene rings is 3. The number of aryl methyl sites for hydroxylation is 1. The molecule has 0 unspecified atom stereocenters. The first-order chi connectivity index (χ1) is 16.9. The molecule has 12 heteroatoms. The summed E-state index contributed by atoms with van der Waals surface area (Å²) in [6, 6.07) is 18.1. The van der Waals surface area contributed by atoms with Crippen molar-refractivity contribution in [1.29, 1.82) is 0 Å². The SMILES string of the molecule is Cc1cccc(Cc2ccc(N3CC(=O)NS3(=O)=O)c(OC(=O)c3ccccc3)c2)c1NS(C)(=O)=O. The van der Waals surface area contributed by atoms with Crippen LogP contribution < -0.4 is 18.5 Å². The highest BCUT2D eigenvalue weighted by molar-refractivity contribution is 7.92. The normalized spacial score (nSPS) is 14.8. The van der Waals surface area contributed by atoms with Gasteiger partial charge in [-0.1, -0.05) is 42.5 Å². The molecule has 1 amide bonds. The number of rotatable bonds is 7. The van der Waals surface area contributed by atoms with Gasteiger partial charge in [0.15, 0.2) is 5.75 Å². The summed E-state index contributed by atoms with van der Waals surface area (Å²) < 4.78 is 59.5. The lowest BCUT2D eigenvalue weighted by atomic mass is 10.0. The van der Waals surface area contributed by atoms with Crippen molar-refractivity contribution < 1.29 is 31.2 Å². The molecule has 0 bridgehead atoms. The Hall–Kier alpha value is -3.90. The Kier molecular flexibility index (Phi) is 6.74. The van der Waals surface area contributed by atoms with Crippen LogP contribution in [0.1, 0.15) is 27.0 Å². The molecule has 0 atom stereocenters. The minimum absolute atomic E-state index is 0.0140. The lowest BCUT2D eigenvalue weighted by Gasteiger charge is -2.20. The topological polar surface area (TPSA) is 139 Å². The molecule has 188 valence electrons. The van der Waals surface area contributed by atoms with Crippen molar-refractivity contribution in [3.05, 3.63) is 89.0 Å². The number of amides is 1. The van der Waals surface area contributed by atoms with Gasteiger partial charge in [-0.2, -0.15) is 8.42 Å². The van der Waals surface area contributed by atoms with Crippen molar-refractivity contribution in [3.8, 4) is 5.75 Å². The molecule has 3 aromatic rings. The number of hydrogen-bond acceptors (Lipinski definition) is 7. The van der Waals surface area contributed by atoms with E-state index in [-0.39, 0.29) is 23.4 Å². The lowest BCUT2D eigenvalue weighted by molar-refractivity contribution is -0.117. The molecule has 4 rings (SSSR count). The van der Waals surface area contributed by atoms with Gasteiger partial charge in [-0.05, 0) is 54.3 Å². The molecule has 0 saturated carbocycles. The molecule has 0 aromatic heterocycles. The first-order valence-electron chi connectivity index (χ1n) is 10.7. The largest absolute Gasteiger partial charge is 0.421 e. The van der Waals surface area contributed by atoms with Crippen molar-refractivity contribution in [2.75, 3.05) is 21.8 Å². The molecule has 1 aliphatic heterocycles. The molecule has 1 aliphatic rings. The number of anilines is 2. The first kappa shape index (κ1) is 25.2. The van der Waals surface area contributed by atoms with Gasteiger partial charge in [0.05, 0.1) is 23.2 Å². The van der Waals surface area contributed by atoms with Crippen molar-refractivity contribution >= 4 is 43.5 Å². The van der Waals surface area contributed by atoms with Crippen LogP contribution >= 0.6 is 0 Å². The second-order valence-corrected chi connectivity index (χ2v) is 11.6. The maximum absolute atomic E-state index is 12.8. The highest BCUT2D eigenvalue weighted by Crippen LogP contribution is 2.34. The number of nitrogens with one attached hydrogen (secondary N) is 2. The molecule has 0 spiro atoms. The van der Waals surface area contributed by atoms with Gasteiger partial charge in [0.25, 0.3) is 5.91 Å². The molecule has 2 N–H and O–H groups in total. The molecule has 1 fully saturated rings. The molecule has 3 aromatic carbocycles. The van der Waals surface area contributed by atoms with Gasteiger partial charge in [0, 0.05) is 0 Å². The van der Waals surface area contributed by atoms with Crippen LogP contribution in [0.15, 0.2) is 66.7 Å². The van der Waals surface area contributed by atoms with Gasteiger partial charge in [-0.15, -0.1) is 0 Å². The van der Waals surface area contributed by atoms with Gasteiger partial charge in [0.2, 0.25) is 10.0 Å². The monoisotopic (exact) mass is 529 g/mol.